The zero-order valence-electron chi connectivity index (χ0n) is 4.76. The molecule has 48 valence electrons. The minimum absolute atomic E-state index is 0. The van der Waals surface area contributed by atoms with Crippen LogP contribution in [0, 0.1) is 12.3 Å². The van der Waals surface area contributed by atoms with Gasteiger partial charge in [0.15, 0.2) is 0 Å². The molecule has 0 aliphatic rings. The Morgan fingerprint density at radius 3 is 2.50 bits per heavy atom. The van der Waals surface area contributed by atoms with Crippen molar-refractivity contribution >= 4 is 12.4 Å². The summed E-state index contributed by atoms with van der Waals surface area (Å²) in [5.74, 6) is 2.32. The van der Waals surface area contributed by atoms with E-state index in [1.807, 2.05) is 0 Å². The van der Waals surface area contributed by atoms with Gasteiger partial charge in [0.25, 0.3) is 0 Å². The first-order valence-corrected chi connectivity index (χ1v) is 2.02. The summed E-state index contributed by atoms with van der Waals surface area (Å²) in [7, 11) is 1.57. The molecule has 3 heteroatoms. The molecule has 0 aliphatic carbocycles. The van der Waals surface area contributed by atoms with E-state index >= 15 is 0 Å². The second-order valence-corrected chi connectivity index (χ2v) is 1.23. The van der Waals surface area contributed by atoms with E-state index in [1.54, 1.807) is 7.11 Å². The van der Waals surface area contributed by atoms with E-state index in [-0.39, 0.29) is 18.4 Å². The van der Waals surface area contributed by atoms with Crippen molar-refractivity contribution in [3.05, 3.63) is 0 Å². The van der Waals surface area contributed by atoms with Crippen molar-refractivity contribution in [2.75, 3.05) is 13.7 Å². The van der Waals surface area contributed by atoms with Crippen molar-refractivity contribution < 1.29 is 4.74 Å². The highest BCUT2D eigenvalue weighted by Gasteiger charge is 1.90. The van der Waals surface area contributed by atoms with E-state index in [4.69, 9.17) is 12.2 Å². The van der Waals surface area contributed by atoms with E-state index in [2.05, 4.69) is 10.7 Å². The Morgan fingerprint density at radius 2 is 2.38 bits per heavy atom. The summed E-state index contributed by atoms with van der Waals surface area (Å²) >= 11 is 0. The lowest BCUT2D eigenvalue weighted by Crippen LogP contribution is -2.22. The zero-order chi connectivity index (χ0) is 5.70. The van der Waals surface area contributed by atoms with Crippen molar-refractivity contribution in [3.63, 3.8) is 0 Å². The third kappa shape index (κ3) is 5.77. The second-order valence-electron chi connectivity index (χ2n) is 1.23. The molecule has 0 aromatic heterocycles. The monoisotopic (exact) mass is 135 g/mol. The molecular formula is C5H10ClNO. The first kappa shape index (κ1) is 10.7. The summed E-state index contributed by atoms with van der Waals surface area (Å²) in [5.41, 5.74) is 5.22. The average molecular weight is 136 g/mol. The fraction of sp³-hybridized carbons (Fsp3) is 0.600. The number of terminal acetylenes is 1. The standard InChI is InChI=1S/C5H9NO.ClH/c1-3-5(6)4-7-2;/h1,5H,4,6H2,2H3;1H/t5-;/m0./s1. The van der Waals surface area contributed by atoms with E-state index < -0.39 is 0 Å². The van der Waals surface area contributed by atoms with Gasteiger partial charge in [0.1, 0.15) is 0 Å². The van der Waals surface area contributed by atoms with Crippen LogP contribution in [-0.2, 0) is 4.74 Å². The Bertz CT molecular complexity index is 79.0. The molecule has 0 amide bonds. The maximum absolute atomic E-state index is 5.22. The first-order chi connectivity index (χ1) is 3.31. The van der Waals surface area contributed by atoms with Crippen LogP contribution in [0.2, 0.25) is 0 Å². The summed E-state index contributed by atoms with van der Waals surface area (Å²) in [6.07, 6.45) is 4.90. The largest absolute Gasteiger partial charge is 0.382 e. The van der Waals surface area contributed by atoms with Gasteiger partial charge in [-0.15, -0.1) is 18.8 Å². The van der Waals surface area contributed by atoms with Gasteiger partial charge in [-0.05, 0) is 0 Å². The van der Waals surface area contributed by atoms with E-state index in [0.29, 0.717) is 6.61 Å². The molecule has 0 aromatic rings. The van der Waals surface area contributed by atoms with Gasteiger partial charge in [0.05, 0.1) is 12.6 Å². The number of halogens is 1. The molecule has 0 aromatic carbocycles. The Labute approximate surface area is 55.8 Å². The number of hydrogen-bond donors (Lipinski definition) is 1. The second kappa shape index (κ2) is 6.77. The summed E-state index contributed by atoms with van der Waals surface area (Å²) in [6, 6.07) is -0.245. The molecule has 0 bridgehead atoms. The summed E-state index contributed by atoms with van der Waals surface area (Å²) in [5, 5.41) is 0. The van der Waals surface area contributed by atoms with Gasteiger partial charge in [0, 0.05) is 7.11 Å². The number of ether oxygens (including phenoxy) is 1. The quantitative estimate of drug-likeness (QED) is 0.542. The fourth-order valence-electron chi connectivity index (χ4n) is 0.228. The van der Waals surface area contributed by atoms with Crippen molar-refractivity contribution in [1.29, 1.82) is 0 Å². The SMILES string of the molecule is C#C[C@H](N)COC.Cl. The fourth-order valence-corrected chi connectivity index (χ4v) is 0.228. The van der Waals surface area contributed by atoms with Crippen LogP contribution >= 0.6 is 12.4 Å². The van der Waals surface area contributed by atoms with Crippen molar-refractivity contribution in [2.24, 2.45) is 5.73 Å². The molecule has 0 heterocycles. The van der Waals surface area contributed by atoms with E-state index in [1.165, 1.54) is 0 Å². The lowest BCUT2D eigenvalue weighted by Gasteiger charge is -1.98. The molecule has 0 radical (unpaired) electrons. The topological polar surface area (TPSA) is 35.2 Å². The van der Waals surface area contributed by atoms with Gasteiger partial charge in [0.2, 0.25) is 0 Å². The molecule has 8 heavy (non-hydrogen) atoms. The van der Waals surface area contributed by atoms with Crippen molar-refractivity contribution in [3.8, 4) is 12.3 Å². The Kier molecular flexibility index (Phi) is 9.05. The molecule has 2 N–H and O–H groups in total. The zero-order valence-corrected chi connectivity index (χ0v) is 5.57. The molecule has 0 unspecified atom stereocenters. The predicted molar refractivity (Wildman–Crippen MR) is 35.9 cm³/mol. The van der Waals surface area contributed by atoms with Crippen LogP contribution < -0.4 is 5.73 Å². The highest BCUT2D eigenvalue weighted by atomic mass is 35.5. The van der Waals surface area contributed by atoms with Crippen molar-refractivity contribution in [1.82, 2.24) is 0 Å². The lowest BCUT2D eigenvalue weighted by atomic mass is 10.4. The molecule has 1 atom stereocenters. The Balaban J connectivity index is 0. The summed E-state index contributed by atoms with van der Waals surface area (Å²) < 4.78 is 4.63. The van der Waals surface area contributed by atoms with Crippen LogP contribution in [-0.4, -0.2) is 19.8 Å². The van der Waals surface area contributed by atoms with Gasteiger partial charge in [-0.1, -0.05) is 5.92 Å². The van der Waals surface area contributed by atoms with Gasteiger partial charge in [-0.3, -0.25) is 0 Å². The molecule has 0 spiro atoms. The number of rotatable bonds is 2. The minimum Gasteiger partial charge on any atom is -0.382 e. The Hall–Kier alpha value is -0.230. The first-order valence-electron chi connectivity index (χ1n) is 2.02. The van der Waals surface area contributed by atoms with Gasteiger partial charge >= 0.3 is 0 Å². The van der Waals surface area contributed by atoms with Crippen molar-refractivity contribution in [2.45, 2.75) is 6.04 Å². The van der Waals surface area contributed by atoms with Gasteiger partial charge < -0.3 is 10.5 Å². The smallest absolute Gasteiger partial charge is 0.0898 e. The van der Waals surface area contributed by atoms with Crippen LogP contribution in [0.3, 0.4) is 0 Å². The molecule has 0 saturated heterocycles. The summed E-state index contributed by atoms with van der Waals surface area (Å²) in [4.78, 5) is 0. The van der Waals surface area contributed by atoms with Crippen LogP contribution in [0.1, 0.15) is 0 Å². The molecule has 0 rings (SSSR count). The van der Waals surface area contributed by atoms with E-state index in [9.17, 15) is 0 Å². The van der Waals surface area contributed by atoms with E-state index in [0.717, 1.165) is 0 Å². The maximum Gasteiger partial charge on any atom is 0.0898 e. The van der Waals surface area contributed by atoms with Gasteiger partial charge in [-0.25, -0.2) is 0 Å². The maximum atomic E-state index is 5.22. The molecule has 0 fully saturated rings. The highest BCUT2D eigenvalue weighted by molar-refractivity contribution is 5.85. The number of hydrogen-bond acceptors (Lipinski definition) is 2. The summed E-state index contributed by atoms with van der Waals surface area (Å²) in [6.45, 7) is 0.441. The minimum atomic E-state index is -0.245. The number of methoxy groups -OCH3 is 1. The third-order valence-electron chi connectivity index (χ3n) is 0.560. The van der Waals surface area contributed by atoms with Gasteiger partial charge in [-0.2, -0.15) is 0 Å². The third-order valence-corrected chi connectivity index (χ3v) is 0.560. The number of nitrogens with two attached hydrogens (primary N) is 1. The molecular weight excluding hydrogens is 126 g/mol. The average Bonchev–Trinajstić information content (AvgIpc) is 1.68. The van der Waals surface area contributed by atoms with Crippen LogP contribution in [0.25, 0.3) is 0 Å². The normalized spacial score (nSPS) is 11.1. The Morgan fingerprint density at radius 1 is 1.88 bits per heavy atom. The van der Waals surface area contributed by atoms with Crippen LogP contribution in [0.5, 0.6) is 0 Å². The lowest BCUT2D eigenvalue weighted by molar-refractivity contribution is 0.194. The molecule has 0 saturated carbocycles. The van der Waals surface area contributed by atoms with Crippen LogP contribution in [0.15, 0.2) is 0 Å². The highest BCUT2D eigenvalue weighted by Crippen LogP contribution is 1.72. The molecule has 2 nitrogen and oxygen atoms in total. The van der Waals surface area contributed by atoms with Crippen LogP contribution in [0.4, 0.5) is 0 Å². The predicted octanol–water partition coefficient (Wildman–Crippen LogP) is 0.0151. The molecule has 0 aliphatic heterocycles.